The van der Waals surface area contributed by atoms with E-state index in [0.717, 1.165) is 11.3 Å². The Kier molecular flexibility index (Phi) is 4.94. The molecule has 0 aliphatic heterocycles. The number of allylic oxidation sites excluding steroid dienone is 1. The summed E-state index contributed by atoms with van der Waals surface area (Å²) in [6.45, 7) is 10.1. The van der Waals surface area contributed by atoms with Crippen LogP contribution in [0.1, 0.15) is 48.2 Å². The summed E-state index contributed by atoms with van der Waals surface area (Å²) in [5, 5.41) is 2.81. The van der Waals surface area contributed by atoms with Crippen molar-refractivity contribution >= 4 is 17.8 Å². The topological polar surface area (TPSA) is 54.9 Å². The second kappa shape index (κ2) is 6.73. The van der Waals surface area contributed by atoms with Gasteiger partial charge in [0.05, 0.1) is 0 Å². The fourth-order valence-electron chi connectivity index (χ4n) is 2.06. The number of anilines is 1. The van der Waals surface area contributed by atoms with Crippen molar-refractivity contribution in [1.29, 1.82) is 0 Å². The van der Waals surface area contributed by atoms with Crippen molar-refractivity contribution in [1.82, 2.24) is 9.97 Å². The SMILES string of the molecule is Cc1cc(NC(=O)c2ccc(/C=C/C(C)(C)C)cc2)nc(C)n1. The van der Waals surface area contributed by atoms with Gasteiger partial charge in [-0.25, -0.2) is 9.97 Å². The van der Waals surface area contributed by atoms with Crippen LogP contribution in [0.15, 0.2) is 36.4 Å². The van der Waals surface area contributed by atoms with Crippen LogP contribution in [0, 0.1) is 19.3 Å². The quantitative estimate of drug-likeness (QED) is 0.914. The third-order valence-corrected chi connectivity index (χ3v) is 3.16. The molecule has 1 aromatic heterocycles. The van der Waals surface area contributed by atoms with E-state index in [1.54, 1.807) is 13.0 Å². The van der Waals surface area contributed by atoms with E-state index < -0.39 is 0 Å². The van der Waals surface area contributed by atoms with E-state index in [9.17, 15) is 4.79 Å². The first kappa shape index (κ1) is 16.9. The molecule has 0 saturated heterocycles. The van der Waals surface area contributed by atoms with E-state index in [0.29, 0.717) is 17.2 Å². The molecule has 0 spiro atoms. The number of aryl methyl sites for hydroxylation is 2. The van der Waals surface area contributed by atoms with Gasteiger partial charge in [-0.15, -0.1) is 0 Å². The van der Waals surface area contributed by atoms with Gasteiger partial charge in [-0.3, -0.25) is 4.79 Å². The average Bonchev–Trinajstić information content (AvgIpc) is 2.43. The van der Waals surface area contributed by atoms with Crippen LogP contribution in [0.2, 0.25) is 0 Å². The van der Waals surface area contributed by atoms with Gasteiger partial charge in [-0.2, -0.15) is 0 Å². The Labute approximate surface area is 137 Å². The highest BCUT2D eigenvalue weighted by molar-refractivity contribution is 6.03. The molecule has 1 N–H and O–H groups in total. The lowest BCUT2D eigenvalue weighted by Gasteiger charge is -2.11. The Bertz CT molecular complexity index is 705. The average molecular weight is 309 g/mol. The van der Waals surface area contributed by atoms with E-state index >= 15 is 0 Å². The maximum absolute atomic E-state index is 12.3. The molecule has 0 saturated carbocycles. The summed E-state index contributed by atoms with van der Waals surface area (Å²) in [5.41, 5.74) is 2.64. The Morgan fingerprint density at radius 2 is 1.74 bits per heavy atom. The van der Waals surface area contributed by atoms with Crippen LogP contribution in [0.4, 0.5) is 5.82 Å². The zero-order valence-electron chi connectivity index (χ0n) is 14.3. The van der Waals surface area contributed by atoms with Crippen LogP contribution >= 0.6 is 0 Å². The van der Waals surface area contributed by atoms with Gasteiger partial charge >= 0.3 is 0 Å². The lowest BCUT2D eigenvalue weighted by Crippen LogP contribution is -2.13. The lowest BCUT2D eigenvalue weighted by atomic mass is 9.95. The second-order valence-corrected chi connectivity index (χ2v) is 6.72. The monoisotopic (exact) mass is 309 g/mol. The smallest absolute Gasteiger partial charge is 0.256 e. The lowest BCUT2D eigenvalue weighted by molar-refractivity contribution is 0.102. The number of benzene rings is 1. The van der Waals surface area contributed by atoms with Gasteiger partial charge in [0.15, 0.2) is 0 Å². The second-order valence-electron chi connectivity index (χ2n) is 6.72. The molecular weight excluding hydrogens is 286 g/mol. The summed E-state index contributed by atoms with van der Waals surface area (Å²) >= 11 is 0. The summed E-state index contributed by atoms with van der Waals surface area (Å²) in [5.74, 6) is 0.994. The van der Waals surface area contributed by atoms with E-state index in [2.05, 4.69) is 48.2 Å². The van der Waals surface area contributed by atoms with Gasteiger partial charge in [0.1, 0.15) is 11.6 Å². The molecule has 0 fully saturated rings. The summed E-state index contributed by atoms with van der Waals surface area (Å²) in [4.78, 5) is 20.7. The molecular formula is C19H23N3O. The van der Waals surface area contributed by atoms with Crippen molar-refractivity contribution in [2.75, 3.05) is 5.32 Å². The number of carbonyl (C=O) groups is 1. The Morgan fingerprint density at radius 1 is 1.09 bits per heavy atom. The number of nitrogens with one attached hydrogen (secondary N) is 1. The molecule has 1 heterocycles. The summed E-state index contributed by atoms with van der Waals surface area (Å²) in [6, 6.07) is 9.27. The molecule has 0 bridgehead atoms. The molecule has 4 nitrogen and oxygen atoms in total. The third kappa shape index (κ3) is 5.33. The fraction of sp³-hybridized carbons (Fsp3) is 0.316. The molecule has 2 rings (SSSR count). The molecule has 0 aliphatic rings. The van der Waals surface area contributed by atoms with E-state index in [1.807, 2.05) is 31.2 Å². The highest BCUT2D eigenvalue weighted by Crippen LogP contribution is 2.17. The van der Waals surface area contributed by atoms with Gasteiger partial charge in [-0.05, 0) is 37.0 Å². The van der Waals surface area contributed by atoms with Gasteiger partial charge < -0.3 is 5.32 Å². The minimum atomic E-state index is -0.172. The number of hydrogen-bond donors (Lipinski definition) is 1. The predicted octanol–water partition coefficient (Wildman–Crippen LogP) is 4.41. The van der Waals surface area contributed by atoms with Crippen LogP contribution in [0.25, 0.3) is 6.08 Å². The zero-order valence-corrected chi connectivity index (χ0v) is 14.3. The fourth-order valence-corrected chi connectivity index (χ4v) is 2.06. The number of nitrogens with zero attached hydrogens (tertiary/aromatic N) is 2. The van der Waals surface area contributed by atoms with E-state index in [1.165, 1.54) is 0 Å². The molecule has 0 atom stereocenters. The first-order chi connectivity index (χ1) is 10.7. The minimum absolute atomic E-state index is 0.138. The zero-order chi connectivity index (χ0) is 17.0. The van der Waals surface area contributed by atoms with E-state index in [-0.39, 0.29) is 11.3 Å². The van der Waals surface area contributed by atoms with Crippen molar-refractivity contribution in [3.05, 3.63) is 59.1 Å². The van der Waals surface area contributed by atoms with Gasteiger partial charge in [0.25, 0.3) is 5.91 Å². The third-order valence-electron chi connectivity index (χ3n) is 3.16. The van der Waals surface area contributed by atoms with Crippen molar-refractivity contribution < 1.29 is 4.79 Å². The summed E-state index contributed by atoms with van der Waals surface area (Å²) < 4.78 is 0. The van der Waals surface area contributed by atoms with Gasteiger partial charge in [0, 0.05) is 17.3 Å². The molecule has 0 aliphatic carbocycles. The molecule has 1 amide bonds. The Hall–Kier alpha value is -2.49. The van der Waals surface area contributed by atoms with Crippen molar-refractivity contribution in [3.63, 3.8) is 0 Å². The molecule has 1 aromatic carbocycles. The maximum Gasteiger partial charge on any atom is 0.256 e. The van der Waals surface area contributed by atoms with Crippen molar-refractivity contribution in [2.24, 2.45) is 5.41 Å². The number of carbonyl (C=O) groups excluding carboxylic acids is 1. The molecule has 23 heavy (non-hydrogen) atoms. The molecule has 2 aromatic rings. The number of amides is 1. The van der Waals surface area contributed by atoms with Crippen LogP contribution < -0.4 is 5.32 Å². The molecule has 120 valence electrons. The largest absolute Gasteiger partial charge is 0.306 e. The minimum Gasteiger partial charge on any atom is -0.306 e. The van der Waals surface area contributed by atoms with Crippen molar-refractivity contribution in [2.45, 2.75) is 34.6 Å². The van der Waals surface area contributed by atoms with Crippen LogP contribution in [-0.2, 0) is 0 Å². The molecule has 4 heteroatoms. The van der Waals surface area contributed by atoms with Crippen LogP contribution in [-0.4, -0.2) is 15.9 Å². The Balaban J connectivity index is 2.10. The summed E-state index contributed by atoms with van der Waals surface area (Å²) in [6.07, 6.45) is 4.22. The number of aromatic nitrogens is 2. The molecule has 0 unspecified atom stereocenters. The number of rotatable bonds is 3. The summed E-state index contributed by atoms with van der Waals surface area (Å²) in [7, 11) is 0. The highest BCUT2D eigenvalue weighted by atomic mass is 16.1. The normalized spacial score (nSPS) is 11.7. The first-order valence-corrected chi connectivity index (χ1v) is 7.66. The van der Waals surface area contributed by atoms with Gasteiger partial charge in [0.2, 0.25) is 0 Å². The predicted molar refractivity (Wildman–Crippen MR) is 94.4 cm³/mol. The van der Waals surface area contributed by atoms with Crippen LogP contribution in [0.3, 0.4) is 0 Å². The standard InChI is InChI=1S/C19H23N3O/c1-13-12-17(21-14(2)20-13)22-18(23)16-8-6-15(7-9-16)10-11-19(3,4)5/h6-12H,1-5H3,(H,20,21,22,23)/b11-10+. The molecule has 0 radical (unpaired) electrons. The van der Waals surface area contributed by atoms with Gasteiger partial charge in [-0.1, -0.05) is 45.1 Å². The van der Waals surface area contributed by atoms with Crippen molar-refractivity contribution in [3.8, 4) is 0 Å². The van der Waals surface area contributed by atoms with Crippen LogP contribution in [0.5, 0.6) is 0 Å². The highest BCUT2D eigenvalue weighted by Gasteiger charge is 2.08. The first-order valence-electron chi connectivity index (χ1n) is 7.66. The number of hydrogen-bond acceptors (Lipinski definition) is 3. The Morgan fingerprint density at radius 3 is 2.30 bits per heavy atom. The van der Waals surface area contributed by atoms with E-state index in [4.69, 9.17) is 0 Å². The maximum atomic E-state index is 12.3.